The molecule has 116 valence electrons. The predicted molar refractivity (Wildman–Crippen MR) is 86.3 cm³/mol. The van der Waals surface area contributed by atoms with Gasteiger partial charge >= 0.3 is 0 Å². The Balaban J connectivity index is 1.86. The van der Waals surface area contributed by atoms with Crippen molar-refractivity contribution in [3.05, 3.63) is 46.2 Å². The van der Waals surface area contributed by atoms with Gasteiger partial charge in [-0.1, -0.05) is 23.7 Å². The van der Waals surface area contributed by atoms with Crippen LogP contribution in [0.5, 0.6) is 0 Å². The number of nitrogens with zero attached hydrogens (tertiary/aromatic N) is 4. The molecule has 1 aromatic carbocycles. The number of hydrogen-bond acceptors (Lipinski definition) is 5. The van der Waals surface area contributed by atoms with Crippen LogP contribution < -0.4 is 4.90 Å². The van der Waals surface area contributed by atoms with Crippen molar-refractivity contribution in [2.24, 2.45) is 0 Å². The molecule has 0 spiro atoms. The van der Waals surface area contributed by atoms with Crippen LogP contribution >= 0.6 is 11.6 Å². The highest BCUT2D eigenvalue weighted by atomic mass is 35.5. The van der Waals surface area contributed by atoms with Crippen molar-refractivity contribution in [3.8, 4) is 0 Å². The first-order valence-electron chi connectivity index (χ1n) is 7.36. The van der Waals surface area contributed by atoms with E-state index in [-0.39, 0.29) is 12.1 Å². The summed E-state index contributed by atoms with van der Waals surface area (Å²) in [6.07, 6.45) is -0.0416. The highest BCUT2D eigenvalue weighted by molar-refractivity contribution is 6.30. The fraction of sp³-hybridized carbons (Fsp3) is 0.438. The van der Waals surface area contributed by atoms with Crippen molar-refractivity contribution in [1.29, 1.82) is 0 Å². The van der Waals surface area contributed by atoms with E-state index in [0.717, 1.165) is 22.0 Å². The topological polar surface area (TPSA) is 51.1 Å². The molecule has 1 aliphatic heterocycles. The third kappa shape index (κ3) is 3.05. The Bertz CT molecular complexity index is 679. The van der Waals surface area contributed by atoms with E-state index in [4.69, 9.17) is 16.3 Å². The highest BCUT2D eigenvalue weighted by Gasteiger charge is 2.29. The SMILES string of the molecule is Cc1nnc(N2C[C@@H](c3cccc(Cl)c3)OC[C@@H]2C)nc1C. The van der Waals surface area contributed by atoms with E-state index in [1.165, 1.54) is 0 Å². The van der Waals surface area contributed by atoms with Gasteiger partial charge in [0.1, 0.15) is 6.10 Å². The molecule has 0 saturated carbocycles. The molecular weight excluding hydrogens is 300 g/mol. The van der Waals surface area contributed by atoms with Crippen LogP contribution in [0.15, 0.2) is 24.3 Å². The van der Waals surface area contributed by atoms with Crippen molar-refractivity contribution in [1.82, 2.24) is 15.2 Å². The summed E-state index contributed by atoms with van der Waals surface area (Å²) in [4.78, 5) is 6.71. The van der Waals surface area contributed by atoms with Gasteiger partial charge in [0.15, 0.2) is 0 Å². The van der Waals surface area contributed by atoms with E-state index in [1.54, 1.807) is 0 Å². The molecule has 5 nitrogen and oxygen atoms in total. The number of aromatic nitrogens is 3. The molecule has 0 radical (unpaired) electrons. The van der Waals surface area contributed by atoms with E-state index >= 15 is 0 Å². The lowest BCUT2D eigenvalue weighted by Gasteiger charge is -2.38. The number of benzene rings is 1. The highest BCUT2D eigenvalue weighted by Crippen LogP contribution is 2.28. The lowest BCUT2D eigenvalue weighted by Crippen LogP contribution is -2.46. The number of morpholine rings is 1. The Morgan fingerprint density at radius 2 is 2.05 bits per heavy atom. The summed E-state index contributed by atoms with van der Waals surface area (Å²) in [6.45, 7) is 7.27. The van der Waals surface area contributed by atoms with E-state index in [0.29, 0.717) is 19.1 Å². The van der Waals surface area contributed by atoms with Gasteiger partial charge in [0.2, 0.25) is 5.95 Å². The van der Waals surface area contributed by atoms with Gasteiger partial charge < -0.3 is 9.64 Å². The van der Waals surface area contributed by atoms with Crippen LogP contribution in [0.25, 0.3) is 0 Å². The van der Waals surface area contributed by atoms with Crippen LogP contribution in [0.2, 0.25) is 5.02 Å². The predicted octanol–water partition coefficient (Wildman–Crippen LogP) is 3.11. The Kier molecular flexibility index (Phi) is 4.27. The van der Waals surface area contributed by atoms with Gasteiger partial charge in [-0.2, -0.15) is 5.10 Å². The second-order valence-electron chi connectivity index (χ2n) is 5.66. The Labute approximate surface area is 135 Å². The molecular formula is C16H19ClN4O. The van der Waals surface area contributed by atoms with Crippen molar-refractivity contribution in [2.45, 2.75) is 32.9 Å². The molecule has 1 fully saturated rings. The number of ether oxygens (including phenoxy) is 1. The monoisotopic (exact) mass is 318 g/mol. The lowest BCUT2D eigenvalue weighted by atomic mass is 10.1. The molecule has 0 bridgehead atoms. The third-order valence-electron chi connectivity index (χ3n) is 3.99. The summed E-state index contributed by atoms with van der Waals surface area (Å²) in [5, 5.41) is 9.14. The largest absolute Gasteiger partial charge is 0.370 e. The first kappa shape index (κ1) is 15.2. The summed E-state index contributed by atoms with van der Waals surface area (Å²) in [7, 11) is 0. The lowest BCUT2D eigenvalue weighted by molar-refractivity contribution is 0.0208. The quantitative estimate of drug-likeness (QED) is 0.851. The maximum Gasteiger partial charge on any atom is 0.246 e. The smallest absolute Gasteiger partial charge is 0.246 e. The molecule has 22 heavy (non-hydrogen) atoms. The molecule has 2 atom stereocenters. The molecule has 6 heteroatoms. The molecule has 2 heterocycles. The van der Waals surface area contributed by atoms with Crippen LogP contribution in [0, 0.1) is 13.8 Å². The fourth-order valence-corrected chi connectivity index (χ4v) is 2.71. The second-order valence-corrected chi connectivity index (χ2v) is 6.10. The zero-order valence-electron chi connectivity index (χ0n) is 13.0. The van der Waals surface area contributed by atoms with Gasteiger partial charge in [-0.05, 0) is 38.5 Å². The van der Waals surface area contributed by atoms with Gasteiger partial charge in [-0.3, -0.25) is 0 Å². The first-order chi connectivity index (χ1) is 10.5. The Morgan fingerprint density at radius 3 is 2.77 bits per heavy atom. The van der Waals surface area contributed by atoms with E-state index in [1.807, 2.05) is 38.1 Å². The average Bonchev–Trinajstić information content (AvgIpc) is 2.51. The summed E-state index contributed by atoms with van der Waals surface area (Å²) in [5.41, 5.74) is 2.83. The van der Waals surface area contributed by atoms with Gasteiger partial charge in [0, 0.05) is 5.02 Å². The van der Waals surface area contributed by atoms with Crippen LogP contribution in [-0.4, -0.2) is 34.4 Å². The van der Waals surface area contributed by atoms with Crippen LogP contribution in [0.4, 0.5) is 5.95 Å². The van der Waals surface area contributed by atoms with Crippen LogP contribution in [-0.2, 0) is 4.74 Å². The minimum atomic E-state index is -0.0416. The molecule has 1 aliphatic rings. The maximum atomic E-state index is 6.08. The zero-order chi connectivity index (χ0) is 15.7. The van der Waals surface area contributed by atoms with Crippen molar-refractivity contribution < 1.29 is 4.74 Å². The molecule has 0 unspecified atom stereocenters. The zero-order valence-corrected chi connectivity index (χ0v) is 13.7. The van der Waals surface area contributed by atoms with E-state index < -0.39 is 0 Å². The number of hydrogen-bond donors (Lipinski definition) is 0. The Morgan fingerprint density at radius 1 is 1.23 bits per heavy atom. The second kappa shape index (κ2) is 6.18. The molecule has 0 amide bonds. The van der Waals surface area contributed by atoms with E-state index in [2.05, 4.69) is 27.0 Å². The Hall–Kier alpha value is -1.72. The standard InChI is InChI=1S/C16H19ClN4O/c1-10-9-22-15(13-5-4-6-14(17)7-13)8-21(10)16-18-11(2)12(3)19-20-16/h4-7,10,15H,8-9H2,1-3H3/t10-,15-/m0/s1. The van der Waals surface area contributed by atoms with Crippen molar-refractivity contribution in [3.63, 3.8) is 0 Å². The summed E-state index contributed by atoms with van der Waals surface area (Å²) >= 11 is 6.08. The number of anilines is 1. The number of halogens is 1. The molecule has 2 aromatic rings. The number of rotatable bonds is 2. The normalized spacial score (nSPS) is 21.9. The molecule has 3 rings (SSSR count). The summed E-state index contributed by atoms with van der Waals surface area (Å²) < 4.78 is 5.96. The molecule has 0 N–H and O–H groups in total. The van der Waals surface area contributed by atoms with Crippen molar-refractivity contribution >= 4 is 17.5 Å². The molecule has 1 aromatic heterocycles. The minimum absolute atomic E-state index is 0.0416. The third-order valence-corrected chi connectivity index (χ3v) is 4.23. The summed E-state index contributed by atoms with van der Waals surface area (Å²) in [6, 6.07) is 7.99. The van der Waals surface area contributed by atoms with Crippen LogP contribution in [0.3, 0.4) is 0 Å². The summed E-state index contributed by atoms with van der Waals surface area (Å²) in [5.74, 6) is 0.658. The maximum absolute atomic E-state index is 6.08. The molecule has 0 aliphatic carbocycles. The van der Waals surface area contributed by atoms with Gasteiger partial charge in [-0.15, -0.1) is 5.10 Å². The minimum Gasteiger partial charge on any atom is -0.370 e. The fourth-order valence-electron chi connectivity index (χ4n) is 2.51. The average molecular weight is 319 g/mol. The van der Waals surface area contributed by atoms with Gasteiger partial charge in [0.05, 0.1) is 30.6 Å². The molecule has 1 saturated heterocycles. The number of aryl methyl sites for hydroxylation is 2. The van der Waals surface area contributed by atoms with Gasteiger partial charge in [0.25, 0.3) is 0 Å². The van der Waals surface area contributed by atoms with Crippen LogP contribution in [0.1, 0.15) is 30.0 Å². The van der Waals surface area contributed by atoms with E-state index in [9.17, 15) is 0 Å². The van der Waals surface area contributed by atoms with Gasteiger partial charge in [-0.25, -0.2) is 4.98 Å². The first-order valence-corrected chi connectivity index (χ1v) is 7.74. The van der Waals surface area contributed by atoms with Crippen molar-refractivity contribution in [2.75, 3.05) is 18.1 Å².